The first-order chi connectivity index (χ1) is 15.2. The highest BCUT2D eigenvalue weighted by Crippen LogP contribution is 2.24. The molecular weight excluding hydrogens is 408 g/mol. The van der Waals surface area contributed by atoms with Crippen molar-refractivity contribution >= 4 is 22.8 Å². The number of nitrogens with zero attached hydrogens (tertiary/aromatic N) is 2. The van der Waals surface area contributed by atoms with Crippen molar-refractivity contribution in [2.75, 3.05) is 0 Å². The highest BCUT2D eigenvalue weighted by atomic mass is 16.6. The summed E-state index contributed by atoms with van der Waals surface area (Å²) in [7, 11) is 0. The smallest absolute Gasteiger partial charge is 0.408 e. The molecule has 0 aliphatic heterocycles. The molecule has 8 nitrogen and oxygen atoms in total. The summed E-state index contributed by atoms with van der Waals surface area (Å²) in [6.07, 6.45) is 2.26. The van der Waals surface area contributed by atoms with Gasteiger partial charge in [0.1, 0.15) is 11.4 Å². The molecule has 1 amide bonds. The SMILES string of the molecule is CC(C)(C)OC(=O)N[C@@H](CCCCCC(=O)O)c1nc(-c2ccc3ccccc3c2)n[nH]1. The van der Waals surface area contributed by atoms with Gasteiger partial charge in [-0.15, -0.1) is 0 Å². The number of rotatable bonds is 9. The molecular formula is C24H30N4O4. The maximum atomic E-state index is 12.4. The van der Waals surface area contributed by atoms with E-state index in [-0.39, 0.29) is 6.42 Å². The first kappa shape index (κ1) is 23.2. The molecule has 0 aliphatic rings. The van der Waals surface area contributed by atoms with Gasteiger partial charge in [0.25, 0.3) is 0 Å². The summed E-state index contributed by atoms with van der Waals surface area (Å²) in [5, 5.41) is 21.2. The van der Waals surface area contributed by atoms with Crippen molar-refractivity contribution in [2.45, 2.75) is 64.5 Å². The Morgan fingerprint density at radius 1 is 1.09 bits per heavy atom. The number of unbranched alkanes of at least 4 members (excludes halogenated alkanes) is 2. The van der Waals surface area contributed by atoms with E-state index in [9.17, 15) is 9.59 Å². The fourth-order valence-corrected chi connectivity index (χ4v) is 3.42. The third kappa shape index (κ3) is 6.80. The van der Waals surface area contributed by atoms with Crippen LogP contribution in [-0.4, -0.2) is 38.0 Å². The number of carboxylic acids is 1. The molecule has 0 spiro atoms. The molecule has 0 unspecified atom stereocenters. The Morgan fingerprint density at radius 2 is 1.84 bits per heavy atom. The van der Waals surface area contributed by atoms with Crippen molar-refractivity contribution in [3.8, 4) is 11.4 Å². The number of fused-ring (bicyclic) bond motifs is 1. The number of amides is 1. The minimum atomic E-state index is -0.802. The van der Waals surface area contributed by atoms with Gasteiger partial charge >= 0.3 is 12.1 Å². The Kier molecular flexibility index (Phi) is 7.45. The molecule has 0 radical (unpaired) electrons. The number of benzene rings is 2. The normalized spacial score (nSPS) is 12.5. The van der Waals surface area contributed by atoms with Crippen LogP contribution in [0.25, 0.3) is 22.2 Å². The van der Waals surface area contributed by atoms with Gasteiger partial charge in [-0.25, -0.2) is 9.78 Å². The van der Waals surface area contributed by atoms with E-state index in [2.05, 4.69) is 20.5 Å². The predicted octanol–water partition coefficient (Wildman–Crippen LogP) is 5.23. The Morgan fingerprint density at radius 3 is 2.56 bits per heavy atom. The van der Waals surface area contributed by atoms with Gasteiger partial charge in [-0.05, 0) is 50.5 Å². The number of aromatic amines is 1. The van der Waals surface area contributed by atoms with Crippen molar-refractivity contribution in [1.29, 1.82) is 0 Å². The van der Waals surface area contributed by atoms with E-state index in [0.717, 1.165) is 29.2 Å². The standard InChI is InChI=1S/C24H30N4O4/c1-24(2,3)32-23(31)25-19(11-5-4-6-12-20(29)30)22-26-21(27-28-22)18-14-13-16-9-7-8-10-17(16)15-18/h7-10,13-15,19H,4-6,11-12H2,1-3H3,(H,25,31)(H,29,30)(H,26,27,28)/t19-/m0/s1. The van der Waals surface area contributed by atoms with E-state index < -0.39 is 23.7 Å². The van der Waals surface area contributed by atoms with Crippen LogP contribution in [0.4, 0.5) is 4.79 Å². The summed E-state index contributed by atoms with van der Waals surface area (Å²) in [6.45, 7) is 5.42. The quantitative estimate of drug-likeness (QED) is 0.394. The van der Waals surface area contributed by atoms with E-state index in [1.807, 2.05) is 42.5 Å². The van der Waals surface area contributed by atoms with Gasteiger partial charge < -0.3 is 15.2 Å². The number of carboxylic acid groups (broad SMARTS) is 1. The molecule has 3 N–H and O–H groups in total. The first-order valence-electron chi connectivity index (χ1n) is 10.8. The third-order valence-corrected chi connectivity index (χ3v) is 4.91. The molecule has 170 valence electrons. The second kappa shape index (κ2) is 10.3. The molecule has 0 aliphatic carbocycles. The van der Waals surface area contributed by atoms with E-state index in [1.165, 1.54) is 0 Å². The lowest BCUT2D eigenvalue weighted by Gasteiger charge is -2.22. The van der Waals surface area contributed by atoms with Gasteiger partial charge in [0, 0.05) is 12.0 Å². The van der Waals surface area contributed by atoms with Gasteiger partial charge in [-0.1, -0.05) is 49.2 Å². The summed E-state index contributed by atoms with van der Waals surface area (Å²) < 4.78 is 5.40. The van der Waals surface area contributed by atoms with Gasteiger partial charge in [0.05, 0.1) is 6.04 Å². The summed E-state index contributed by atoms with van der Waals surface area (Å²) in [5.74, 6) is 0.286. The minimum absolute atomic E-state index is 0.137. The number of alkyl carbamates (subject to hydrolysis) is 1. The molecule has 8 heteroatoms. The lowest BCUT2D eigenvalue weighted by atomic mass is 10.1. The van der Waals surface area contributed by atoms with Crippen LogP contribution in [0.1, 0.15) is 64.7 Å². The van der Waals surface area contributed by atoms with Crippen LogP contribution >= 0.6 is 0 Å². The molecule has 3 aromatic rings. The molecule has 1 aromatic heterocycles. The number of hydrogen-bond acceptors (Lipinski definition) is 5. The molecule has 2 aromatic carbocycles. The second-order valence-corrected chi connectivity index (χ2v) is 8.80. The maximum absolute atomic E-state index is 12.4. The third-order valence-electron chi connectivity index (χ3n) is 4.91. The average molecular weight is 439 g/mol. The molecule has 1 heterocycles. The fraction of sp³-hybridized carbons (Fsp3) is 0.417. The Hall–Kier alpha value is -3.42. The number of carbonyl (C=O) groups excluding carboxylic acids is 1. The van der Waals surface area contributed by atoms with Crippen molar-refractivity contribution in [3.05, 3.63) is 48.3 Å². The lowest BCUT2D eigenvalue weighted by Crippen LogP contribution is -2.35. The molecule has 32 heavy (non-hydrogen) atoms. The number of nitrogens with one attached hydrogen (secondary N) is 2. The van der Waals surface area contributed by atoms with Gasteiger partial charge in [0.2, 0.25) is 0 Å². The van der Waals surface area contributed by atoms with Crippen molar-refractivity contribution in [3.63, 3.8) is 0 Å². The zero-order valence-corrected chi connectivity index (χ0v) is 18.7. The number of carbonyl (C=O) groups is 2. The second-order valence-electron chi connectivity index (χ2n) is 8.80. The van der Waals surface area contributed by atoms with Crippen LogP contribution in [0.2, 0.25) is 0 Å². The molecule has 3 rings (SSSR count). The highest BCUT2D eigenvalue weighted by Gasteiger charge is 2.23. The Bertz CT molecular complexity index is 1070. The van der Waals surface area contributed by atoms with Gasteiger partial charge in [-0.3, -0.25) is 9.89 Å². The summed E-state index contributed by atoms with van der Waals surface area (Å²) >= 11 is 0. The molecule has 0 bridgehead atoms. The van der Waals surface area contributed by atoms with E-state index >= 15 is 0 Å². The van der Waals surface area contributed by atoms with Crippen molar-refractivity contribution < 1.29 is 19.4 Å². The maximum Gasteiger partial charge on any atom is 0.408 e. The van der Waals surface area contributed by atoms with Gasteiger partial charge in [0.15, 0.2) is 5.82 Å². The fourth-order valence-electron chi connectivity index (χ4n) is 3.42. The molecule has 0 saturated carbocycles. The topological polar surface area (TPSA) is 117 Å². The minimum Gasteiger partial charge on any atom is -0.481 e. The summed E-state index contributed by atoms with van der Waals surface area (Å²) in [5.41, 5.74) is 0.261. The van der Waals surface area contributed by atoms with Gasteiger partial charge in [-0.2, -0.15) is 5.10 Å². The van der Waals surface area contributed by atoms with E-state index in [0.29, 0.717) is 24.5 Å². The van der Waals surface area contributed by atoms with Crippen molar-refractivity contribution in [2.24, 2.45) is 0 Å². The lowest BCUT2D eigenvalue weighted by molar-refractivity contribution is -0.137. The summed E-state index contributed by atoms with van der Waals surface area (Å²) in [4.78, 5) is 27.7. The van der Waals surface area contributed by atoms with Crippen LogP contribution in [0, 0.1) is 0 Å². The Labute approximate surface area is 187 Å². The monoisotopic (exact) mass is 438 g/mol. The predicted molar refractivity (Wildman–Crippen MR) is 122 cm³/mol. The zero-order valence-electron chi connectivity index (χ0n) is 18.7. The highest BCUT2D eigenvalue weighted by molar-refractivity contribution is 5.86. The van der Waals surface area contributed by atoms with Crippen molar-refractivity contribution in [1.82, 2.24) is 20.5 Å². The van der Waals surface area contributed by atoms with Crippen LogP contribution < -0.4 is 5.32 Å². The number of H-pyrrole nitrogens is 1. The largest absolute Gasteiger partial charge is 0.481 e. The number of hydrogen-bond donors (Lipinski definition) is 3. The number of ether oxygens (including phenoxy) is 1. The van der Waals surface area contributed by atoms with Crippen LogP contribution in [0.5, 0.6) is 0 Å². The van der Waals surface area contributed by atoms with E-state index in [4.69, 9.17) is 9.84 Å². The van der Waals surface area contributed by atoms with Crippen LogP contribution in [0.15, 0.2) is 42.5 Å². The number of aromatic nitrogens is 3. The average Bonchev–Trinajstić information content (AvgIpc) is 3.21. The van der Waals surface area contributed by atoms with E-state index in [1.54, 1.807) is 20.8 Å². The summed E-state index contributed by atoms with van der Waals surface area (Å²) in [6, 6.07) is 13.7. The van der Waals surface area contributed by atoms with Crippen LogP contribution in [-0.2, 0) is 9.53 Å². The Balaban J connectivity index is 1.74. The molecule has 0 saturated heterocycles. The zero-order chi connectivity index (χ0) is 23.1. The van der Waals surface area contributed by atoms with Crippen LogP contribution in [0.3, 0.4) is 0 Å². The molecule has 0 fully saturated rings. The first-order valence-corrected chi connectivity index (χ1v) is 10.8. The number of aliphatic carboxylic acids is 1. The molecule has 1 atom stereocenters.